The van der Waals surface area contributed by atoms with Crippen molar-refractivity contribution in [2.45, 2.75) is 58.4 Å². The number of amides is 2. The first-order valence-corrected chi connectivity index (χ1v) is 8.32. The Hall–Kier alpha value is -1.84. The number of nitrogens with one attached hydrogen (secondary N) is 2. The molecule has 0 aliphatic heterocycles. The summed E-state index contributed by atoms with van der Waals surface area (Å²) in [6.45, 7) is 4.01. The molecule has 1 aromatic carbocycles. The SMILES string of the molecule is CC[C@H](C)NC(=O)c1cccc(NC(=O)C2CCCCC2)c1. The third-order valence-corrected chi connectivity index (χ3v) is 4.36. The molecule has 4 nitrogen and oxygen atoms in total. The first-order valence-electron chi connectivity index (χ1n) is 8.32. The minimum absolute atomic E-state index is 0.0826. The van der Waals surface area contributed by atoms with Crippen LogP contribution in [-0.4, -0.2) is 17.9 Å². The largest absolute Gasteiger partial charge is 0.350 e. The molecular weight excluding hydrogens is 276 g/mol. The quantitative estimate of drug-likeness (QED) is 0.870. The van der Waals surface area contributed by atoms with E-state index < -0.39 is 0 Å². The number of hydrogen-bond donors (Lipinski definition) is 2. The molecule has 2 N–H and O–H groups in total. The Morgan fingerprint density at radius 1 is 1.23 bits per heavy atom. The second-order valence-corrected chi connectivity index (χ2v) is 6.19. The molecule has 0 bridgehead atoms. The van der Waals surface area contributed by atoms with Crippen molar-refractivity contribution in [2.24, 2.45) is 5.92 Å². The molecule has 1 aliphatic rings. The van der Waals surface area contributed by atoms with E-state index in [1.807, 2.05) is 26.0 Å². The van der Waals surface area contributed by atoms with E-state index in [-0.39, 0.29) is 23.8 Å². The zero-order valence-electron chi connectivity index (χ0n) is 13.5. The first-order chi connectivity index (χ1) is 10.6. The van der Waals surface area contributed by atoms with Crippen LogP contribution in [0.4, 0.5) is 5.69 Å². The van der Waals surface area contributed by atoms with Crippen molar-refractivity contribution in [3.05, 3.63) is 29.8 Å². The van der Waals surface area contributed by atoms with Crippen LogP contribution in [0, 0.1) is 5.92 Å². The van der Waals surface area contributed by atoms with Crippen molar-refractivity contribution in [3.63, 3.8) is 0 Å². The Kier molecular flexibility index (Phi) is 5.99. The summed E-state index contributed by atoms with van der Waals surface area (Å²) < 4.78 is 0. The number of hydrogen-bond acceptors (Lipinski definition) is 2. The molecule has 0 unspecified atom stereocenters. The fraction of sp³-hybridized carbons (Fsp3) is 0.556. The third-order valence-electron chi connectivity index (χ3n) is 4.36. The van der Waals surface area contributed by atoms with E-state index in [0.29, 0.717) is 11.3 Å². The number of carbonyl (C=O) groups excluding carboxylic acids is 2. The Labute approximate surface area is 132 Å². The minimum Gasteiger partial charge on any atom is -0.350 e. The molecule has 120 valence electrons. The standard InChI is InChI=1S/C18H26N2O2/c1-3-13(2)19-18(22)15-10-7-11-16(12-15)20-17(21)14-8-5-4-6-9-14/h7,10-14H,3-6,8-9H2,1-2H3,(H,19,22)(H,20,21)/t13-/m0/s1. The van der Waals surface area contributed by atoms with Crippen molar-refractivity contribution in [1.29, 1.82) is 0 Å². The Balaban J connectivity index is 1.98. The summed E-state index contributed by atoms with van der Waals surface area (Å²) in [6, 6.07) is 7.31. The van der Waals surface area contributed by atoms with Gasteiger partial charge >= 0.3 is 0 Å². The average Bonchev–Trinajstić information content (AvgIpc) is 2.55. The summed E-state index contributed by atoms with van der Waals surface area (Å²) in [4.78, 5) is 24.4. The molecule has 0 heterocycles. The first kappa shape index (κ1) is 16.5. The zero-order chi connectivity index (χ0) is 15.9. The maximum Gasteiger partial charge on any atom is 0.251 e. The maximum atomic E-state index is 12.3. The van der Waals surface area contributed by atoms with Gasteiger partial charge in [-0.2, -0.15) is 0 Å². The monoisotopic (exact) mass is 302 g/mol. The van der Waals surface area contributed by atoms with Crippen LogP contribution < -0.4 is 10.6 Å². The topological polar surface area (TPSA) is 58.2 Å². The molecule has 1 atom stereocenters. The number of anilines is 1. The summed E-state index contributed by atoms with van der Waals surface area (Å²) >= 11 is 0. The van der Waals surface area contributed by atoms with E-state index in [1.165, 1.54) is 6.42 Å². The van der Waals surface area contributed by atoms with Gasteiger partial charge in [-0.25, -0.2) is 0 Å². The molecule has 22 heavy (non-hydrogen) atoms. The second-order valence-electron chi connectivity index (χ2n) is 6.19. The van der Waals surface area contributed by atoms with E-state index in [1.54, 1.807) is 12.1 Å². The van der Waals surface area contributed by atoms with Crippen LogP contribution in [0.15, 0.2) is 24.3 Å². The second kappa shape index (κ2) is 7.97. The van der Waals surface area contributed by atoms with Crippen LogP contribution in [-0.2, 0) is 4.79 Å². The normalized spacial score (nSPS) is 16.8. The summed E-state index contributed by atoms with van der Waals surface area (Å²) in [5.74, 6) is 0.105. The lowest BCUT2D eigenvalue weighted by atomic mass is 9.88. The lowest BCUT2D eigenvalue weighted by Gasteiger charge is -2.21. The Morgan fingerprint density at radius 2 is 1.95 bits per heavy atom. The highest BCUT2D eigenvalue weighted by atomic mass is 16.2. The molecule has 1 aliphatic carbocycles. The van der Waals surface area contributed by atoms with Gasteiger partial charge in [0.15, 0.2) is 0 Å². The van der Waals surface area contributed by atoms with Gasteiger partial charge in [-0.1, -0.05) is 32.3 Å². The summed E-state index contributed by atoms with van der Waals surface area (Å²) in [6.07, 6.45) is 6.34. The van der Waals surface area contributed by atoms with Gasteiger partial charge in [0.05, 0.1) is 0 Å². The van der Waals surface area contributed by atoms with Gasteiger partial charge < -0.3 is 10.6 Å². The van der Waals surface area contributed by atoms with Gasteiger partial charge in [-0.05, 0) is 44.4 Å². The Morgan fingerprint density at radius 3 is 2.64 bits per heavy atom. The van der Waals surface area contributed by atoms with E-state index in [9.17, 15) is 9.59 Å². The fourth-order valence-electron chi connectivity index (χ4n) is 2.76. The van der Waals surface area contributed by atoms with Crippen LogP contribution in [0.2, 0.25) is 0 Å². The van der Waals surface area contributed by atoms with Crippen LogP contribution in [0.1, 0.15) is 62.7 Å². The zero-order valence-corrected chi connectivity index (χ0v) is 13.5. The van der Waals surface area contributed by atoms with Crippen LogP contribution in [0.5, 0.6) is 0 Å². The molecule has 2 amide bonds. The van der Waals surface area contributed by atoms with Gasteiger partial charge in [-0.3, -0.25) is 9.59 Å². The van der Waals surface area contributed by atoms with Crippen molar-refractivity contribution in [1.82, 2.24) is 5.32 Å². The molecular formula is C18H26N2O2. The van der Waals surface area contributed by atoms with Crippen molar-refractivity contribution < 1.29 is 9.59 Å². The summed E-state index contributed by atoms with van der Waals surface area (Å²) in [7, 11) is 0. The van der Waals surface area contributed by atoms with E-state index in [0.717, 1.165) is 32.1 Å². The molecule has 4 heteroatoms. The van der Waals surface area contributed by atoms with Crippen LogP contribution in [0.25, 0.3) is 0 Å². The van der Waals surface area contributed by atoms with Gasteiger partial charge in [-0.15, -0.1) is 0 Å². The summed E-state index contributed by atoms with van der Waals surface area (Å²) in [5.41, 5.74) is 1.29. The van der Waals surface area contributed by atoms with Crippen LogP contribution >= 0.6 is 0 Å². The van der Waals surface area contributed by atoms with Gasteiger partial charge in [0, 0.05) is 23.2 Å². The molecule has 0 radical (unpaired) electrons. The third kappa shape index (κ3) is 4.58. The molecule has 0 aromatic heterocycles. The van der Waals surface area contributed by atoms with E-state index in [4.69, 9.17) is 0 Å². The molecule has 1 fully saturated rings. The minimum atomic E-state index is -0.0943. The molecule has 0 spiro atoms. The van der Waals surface area contributed by atoms with Crippen molar-refractivity contribution in [2.75, 3.05) is 5.32 Å². The molecule has 2 rings (SSSR count). The molecule has 1 saturated carbocycles. The highest BCUT2D eigenvalue weighted by Crippen LogP contribution is 2.25. The lowest BCUT2D eigenvalue weighted by molar-refractivity contribution is -0.120. The fourth-order valence-corrected chi connectivity index (χ4v) is 2.76. The predicted octanol–water partition coefficient (Wildman–Crippen LogP) is 3.73. The van der Waals surface area contributed by atoms with E-state index >= 15 is 0 Å². The number of rotatable bonds is 5. The number of carbonyl (C=O) groups is 2. The lowest BCUT2D eigenvalue weighted by Crippen LogP contribution is -2.32. The molecule has 1 aromatic rings. The number of benzene rings is 1. The summed E-state index contributed by atoms with van der Waals surface area (Å²) in [5, 5.41) is 5.89. The van der Waals surface area contributed by atoms with Gasteiger partial charge in [0.25, 0.3) is 5.91 Å². The maximum absolute atomic E-state index is 12.3. The molecule has 0 saturated heterocycles. The van der Waals surface area contributed by atoms with Gasteiger partial charge in [0.2, 0.25) is 5.91 Å². The Bertz CT molecular complexity index is 522. The van der Waals surface area contributed by atoms with Crippen LogP contribution in [0.3, 0.4) is 0 Å². The van der Waals surface area contributed by atoms with Crippen molar-refractivity contribution in [3.8, 4) is 0 Å². The highest BCUT2D eigenvalue weighted by molar-refractivity contribution is 5.97. The van der Waals surface area contributed by atoms with E-state index in [2.05, 4.69) is 10.6 Å². The average molecular weight is 302 g/mol. The predicted molar refractivity (Wildman–Crippen MR) is 88.9 cm³/mol. The highest BCUT2D eigenvalue weighted by Gasteiger charge is 2.21. The van der Waals surface area contributed by atoms with Gasteiger partial charge in [0.1, 0.15) is 0 Å². The smallest absolute Gasteiger partial charge is 0.251 e. The van der Waals surface area contributed by atoms with Crippen molar-refractivity contribution >= 4 is 17.5 Å².